The minimum Gasteiger partial charge on any atom is -0.369 e. The van der Waals surface area contributed by atoms with Gasteiger partial charge in [-0.3, -0.25) is 0 Å². The van der Waals surface area contributed by atoms with Crippen molar-refractivity contribution in [3.63, 3.8) is 0 Å². The molecule has 92 valence electrons. The number of nitrogens with zero attached hydrogens (tertiary/aromatic N) is 2. The summed E-state index contributed by atoms with van der Waals surface area (Å²) in [5, 5.41) is 3.42. The molecule has 2 aliphatic rings. The molecule has 1 saturated heterocycles. The summed E-state index contributed by atoms with van der Waals surface area (Å²) in [7, 11) is 2.22. The van der Waals surface area contributed by atoms with Crippen molar-refractivity contribution in [2.24, 2.45) is 0 Å². The molecule has 0 bridgehead atoms. The second-order valence-corrected chi connectivity index (χ2v) is 5.14. The van der Waals surface area contributed by atoms with Crippen LogP contribution in [0.5, 0.6) is 0 Å². The second kappa shape index (κ2) is 4.67. The summed E-state index contributed by atoms with van der Waals surface area (Å²) in [4.78, 5) is 4.96. The van der Waals surface area contributed by atoms with E-state index in [1.165, 1.54) is 18.7 Å². The van der Waals surface area contributed by atoms with Crippen molar-refractivity contribution < 1.29 is 0 Å². The van der Waals surface area contributed by atoms with Crippen LogP contribution in [0.1, 0.15) is 11.1 Å². The highest BCUT2D eigenvalue weighted by Crippen LogP contribution is 2.28. The molecule has 1 aromatic rings. The molecule has 17 heavy (non-hydrogen) atoms. The Morgan fingerprint density at radius 3 is 2.76 bits per heavy atom. The smallest absolute Gasteiger partial charge is 0.0415 e. The number of fused-ring (bicyclic) bond motifs is 1. The first-order chi connectivity index (χ1) is 8.34. The van der Waals surface area contributed by atoms with Gasteiger partial charge in [-0.2, -0.15) is 0 Å². The Kier molecular flexibility index (Phi) is 3.04. The van der Waals surface area contributed by atoms with E-state index in [0.717, 1.165) is 32.7 Å². The Bertz CT molecular complexity index is 396. The fourth-order valence-electron chi connectivity index (χ4n) is 2.90. The molecule has 2 heterocycles. The van der Waals surface area contributed by atoms with E-state index >= 15 is 0 Å². The van der Waals surface area contributed by atoms with E-state index in [0.29, 0.717) is 0 Å². The molecule has 3 heteroatoms. The van der Waals surface area contributed by atoms with E-state index in [-0.39, 0.29) is 0 Å². The zero-order valence-electron chi connectivity index (χ0n) is 10.6. The van der Waals surface area contributed by atoms with Crippen LogP contribution in [0.25, 0.3) is 0 Å². The minimum atomic E-state index is 1.11. The van der Waals surface area contributed by atoms with Crippen molar-refractivity contribution in [2.75, 3.05) is 44.7 Å². The van der Waals surface area contributed by atoms with Crippen LogP contribution in [0.4, 0.5) is 5.69 Å². The molecule has 1 fully saturated rings. The first kappa shape index (κ1) is 11.1. The summed E-state index contributed by atoms with van der Waals surface area (Å²) in [5.74, 6) is 0. The Hall–Kier alpha value is -1.06. The molecule has 2 aliphatic heterocycles. The first-order valence-electron chi connectivity index (χ1n) is 6.59. The molecule has 0 atom stereocenters. The van der Waals surface area contributed by atoms with Crippen LogP contribution >= 0.6 is 0 Å². The van der Waals surface area contributed by atoms with Gasteiger partial charge in [-0.1, -0.05) is 12.1 Å². The van der Waals surface area contributed by atoms with E-state index in [4.69, 9.17) is 0 Å². The number of anilines is 1. The highest BCUT2D eigenvalue weighted by Gasteiger charge is 2.20. The number of nitrogens with one attached hydrogen (secondary N) is 1. The molecule has 1 N–H and O–H groups in total. The molecule has 0 spiro atoms. The third-order valence-corrected chi connectivity index (χ3v) is 3.90. The van der Waals surface area contributed by atoms with Gasteiger partial charge < -0.3 is 15.1 Å². The van der Waals surface area contributed by atoms with Crippen molar-refractivity contribution in [1.29, 1.82) is 0 Å². The predicted molar refractivity (Wildman–Crippen MR) is 71.6 cm³/mol. The van der Waals surface area contributed by atoms with Crippen molar-refractivity contribution in [1.82, 2.24) is 10.2 Å². The molecule has 0 unspecified atom stereocenters. The van der Waals surface area contributed by atoms with Crippen LogP contribution in [-0.4, -0.2) is 44.7 Å². The van der Waals surface area contributed by atoms with Gasteiger partial charge >= 0.3 is 0 Å². The van der Waals surface area contributed by atoms with E-state index in [1.807, 2.05) is 0 Å². The maximum absolute atomic E-state index is 3.42. The zero-order chi connectivity index (χ0) is 11.7. The Morgan fingerprint density at radius 2 is 1.94 bits per heavy atom. The highest BCUT2D eigenvalue weighted by molar-refractivity contribution is 5.58. The number of likely N-dealkylation sites (N-methyl/N-ethyl adjacent to an activating group) is 1. The molecule has 1 aromatic carbocycles. The molecular weight excluding hydrogens is 210 g/mol. The lowest BCUT2D eigenvalue weighted by Gasteiger charge is -2.34. The number of benzene rings is 1. The van der Waals surface area contributed by atoms with E-state index in [2.05, 4.69) is 40.4 Å². The van der Waals surface area contributed by atoms with Gasteiger partial charge in [0, 0.05) is 45.0 Å². The van der Waals surface area contributed by atoms with Crippen molar-refractivity contribution in [2.45, 2.75) is 13.0 Å². The van der Waals surface area contributed by atoms with Gasteiger partial charge in [0.05, 0.1) is 0 Å². The Labute approximate surface area is 103 Å². The number of hydrogen-bond donors (Lipinski definition) is 1. The Balaban J connectivity index is 1.93. The van der Waals surface area contributed by atoms with Crippen LogP contribution in [-0.2, 0) is 13.0 Å². The fraction of sp³-hybridized carbons (Fsp3) is 0.571. The summed E-state index contributed by atoms with van der Waals surface area (Å²) in [6.07, 6.45) is 1.20. The maximum atomic E-state index is 3.42. The highest BCUT2D eigenvalue weighted by atomic mass is 15.2. The van der Waals surface area contributed by atoms with Crippen LogP contribution in [0.2, 0.25) is 0 Å². The SMILES string of the molecule is CN1CCc2cccc(N3CCNCC3)c2C1. The van der Waals surface area contributed by atoms with Crippen molar-refractivity contribution in [3.8, 4) is 0 Å². The largest absolute Gasteiger partial charge is 0.369 e. The number of hydrogen-bond acceptors (Lipinski definition) is 3. The predicted octanol–water partition coefficient (Wildman–Crippen LogP) is 1.08. The van der Waals surface area contributed by atoms with E-state index < -0.39 is 0 Å². The molecule has 0 radical (unpaired) electrons. The molecule has 0 saturated carbocycles. The molecule has 3 rings (SSSR count). The van der Waals surface area contributed by atoms with Gasteiger partial charge in [0.2, 0.25) is 0 Å². The molecular formula is C14H21N3. The van der Waals surface area contributed by atoms with E-state index in [9.17, 15) is 0 Å². The van der Waals surface area contributed by atoms with Crippen molar-refractivity contribution in [3.05, 3.63) is 29.3 Å². The lowest BCUT2D eigenvalue weighted by molar-refractivity contribution is 0.313. The molecule has 0 aliphatic carbocycles. The zero-order valence-corrected chi connectivity index (χ0v) is 10.6. The van der Waals surface area contributed by atoms with Crippen LogP contribution in [0.15, 0.2) is 18.2 Å². The summed E-state index contributed by atoms with van der Waals surface area (Å²) in [6, 6.07) is 6.82. The summed E-state index contributed by atoms with van der Waals surface area (Å²) in [5.41, 5.74) is 4.58. The summed E-state index contributed by atoms with van der Waals surface area (Å²) in [6.45, 7) is 6.80. The van der Waals surface area contributed by atoms with Gasteiger partial charge in [-0.25, -0.2) is 0 Å². The summed E-state index contributed by atoms with van der Waals surface area (Å²) >= 11 is 0. The normalized spacial score (nSPS) is 21.4. The minimum absolute atomic E-state index is 1.11. The van der Waals surface area contributed by atoms with E-state index in [1.54, 1.807) is 11.1 Å². The molecule has 3 nitrogen and oxygen atoms in total. The number of piperazine rings is 1. The van der Waals surface area contributed by atoms with Crippen LogP contribution in [0, 0.1) is 0 Å². The lowest BCUT2D eigenvalue weighted by Crippen LogP contribution is -2.44. The average Bonchev–Trinajstić information content (AvgIpc) is 2.39. The standard InChI is InChI=1S/C14H21N3/c1-16-8-5-12-3-2-4-14(13(12)11-16)17-9-6-15-7-10-17/h2-4,15H,5-11H2,1H3. The topological polar surface area (TPSA) is 18.5 Å². The van der Waals surface area contributed by atoms with Crippen LogP contribution in [0.3, 0.4) is 0 Å². The number of rotatable bonds is 1. The quantitative estimate of drug-likeness (QED) is 0.780. The fourth-order valence-corrected chi connectivity index (χ4v) is 2.90. The third-order valence-electron chi connectivity index (χ3n) is 3.90. The van der Waals surface area contributed by atoms with Gasteiger partial charge in [-0.05, 0) is 30.7 Å². The van der Waals surface area contributed by atoms with Gasteiger partial charge in [-0.15, -0.1) is 0 Å². The van der Waals surface area contributed by atoms with Crippen LogP contribution < -0.4 is 10.2 Å². The van der Waals surface area contributed by atoms with Gasteiger partial charge in [0.1, 0.15) is 0 Å². The third kappa shape index (κ3) is 2.17. The summed E-state index contributed by atoms with van der Waals surface area (Å²) < 4.78 is 0. The maximum Gasteiger partial charge on any atom is 0.0415 e. The second-order valence-electron chi connectivity index (χ2n) is 5.14. The lowest BCUT2D eigenvalue weighted by atomic mass is 9.97. The molecule has 0 amide bonds. The van der Waals surface area contributed by atoms with Gasteiger partial charge in [0.15, 0.2) is 0 Å². The first-order valence-corrected chi connectivity index (χ1v) is 6.59. The molecule has 0 aromatic heterocycles. The monoisotopic (exact) mass is 231 g/mol. The van der Waals surface area contributed by atoms with Gasteiger partial charge in [0.25, 0.3) is 0 Å². The Morgan fingerprint density at radius 1 is 1.12 bits per heavy atom. The van der Waals surface area contributed by atoms with Crippen molar-refractivity contribution >= 4 is 5.69 Å². The average molecular weight is 231 g/mol.